The van der Waals surface area contributed by atoms with E-state index in [0.29, 0.717) is 5.41 Å². The van der Waals surface area contributed by atoms with Crippen molar-refractivity contribution in [3.63, 3.8) is 0 Å². The van der Waals surface area contributed by atoms with Crippen LogP contribution in [0.4, 0.5) is 11.4 Å². The molecule has 0 amide bonds. The monoisotopic (exact) mass is 427 g/mol. The van der Waals surface area contributed by atoms with Crippen molar-refractivity contribution in [2.24, 2.45) is 5.92 Å². The number of nitrogens with one attached hydrogen (secondary N) is 1. The van der Waals surface area contributed by atoms with Crippen molar-refractivity contribution in [2.45, 2.75) is 11.8 Å². The van der Waals surface area contributed by atoms with Gasteiger partial charge in [0.1, 0.15) is 0 Å². The number of anilines is 2. The van der Waals surface area contributed by atoms with E-state index in [1.807, 2.05) is 0 Å². The van der Waals surface area contributed by atoms with Gasteiger partial charge in [0.25, 0.3) is 0 Å². The van der Waals surface area contributed by atoms with Crippen LogP contribution in [0.3, 0.4) is 0 Å². The minimum atomic E-state index is 0. The molecule has 2 aromatic carbocycles. The Morgan fingerprint density at radius 1 is 0.741 bits per heavy atom. The molecule has 2 heterocycles. The molecule has 2 aliphatic heterocycles. The zero-order valence-electron chi connectivity index (χ0n) is 15.3. The highest BCUT2D eigenvalue weighted by molar-refractivity contribution is 5.86. The Morgan fingerprint density at radius 3 is 1.78 bits per heavy atom. The molecule has 3 fully saturated rings. The summed E-state index contributed by atoms with van der Waals surface area (Å²) < 4.78 is 0. The van der Waals surface area contributed by atoms with Crippen LogP contribution in [0.5, 0.6) is 0 Å². The molecule has 2 saturated heterocycles. The van der Waals surface area contributed by atoms with E-state index in [-0.39, 0.29) is 37.2 Å². The van der Waals surface area contributed by atoms with Crippen molar-refractivity contribution < 1.29 is 0 Å². The lowest BCUT2D eigenvalue weighted by Crippen LogP contribution is -2.46. The van der Waals surface area contributed by atoms with E-state index in [1.165, 1.54) is 30.9 Å². The van der Waals surface area contributed by atoms with Gasteiger partial charge in [-0.3, -0.25) is 0 Å². The van der Waals surface area contributed by atoms with Gasteiger partial charge in [-0.1, -0.05) is 30.3 Å². The molecular weight excluding hydrogens is 401 g/mol. The number of piperazine rings is 1. The number of fused-ring (bicyclic) bond motifs is 1. The first-order chi connectivity index (χ1) is 11.9. The summed E-state index contributed by atoms with van der Waals surface area (Å²) in [7, 11) is 0. The Bertz CT molecular complexity index is 717. The molecule has 3 nitrogen and oxygen atoms in total. The van der Waals surface area contributed by atoms with E-state index in [4.69, 9.17) is 0 Å². The van der Waals surface area contributed by atoms with Gasteiger partial charge in [0.05, 0.1) is 0 Å². The Balaban J connectivity index is 0.000000871. The fraction of sp³-hybridized carbons (Fsp3) is 0.429. The Kier molecular flexibility index (Phi) is 7.32. The van der Waals surface area contributed by atoms with Gasteiger partial charge >= 0.3 is 0 Å². The van der Waals surface area contributed by atoms with Crippen molar-refractivity contribution in [3.8, 4) is 0 Å². The van der Waals surface area contributed by atoms with Gasteiger partial charge in [-0.25, -0.2) is 0 Å². The molecule has 0 aromatic heterocycles. The molecule has 2 unspecified atom stereocenters. The summed E-state index contributed by atoms with van der Waals surface area (Å²) in [6.45, 7) is 6.78. The van der Waals surface area contributed by atoms with Crippen LogP contribution in [-0.2, 0) is 5.41 Å². The second-order valence-electron chi connectivity index (χ2n) is 7.54. The average molecular weight is 429 g/mol. The van der Waals surface area contributed by atoms with Crippen LogP contribution in [0.25, 0.3) is 0 Å². The van der Waals surface area contributed by atoms with Crippen LogP contribution >= 0.6 is 37.2 Å². The van der Waals surface area contributed by atoms with Crippen molar-refractivity contribution in [2.75, 3.05) is 49.1 Å². The number of nitrogens with zero attached hydrogens (tertiary/aromatic N) is 2. The van der Waals surface area contributed by atoms with E-state index < -0.39 is 0 Å². The highest BCUT2D eigenvalue weighted by Gasteiger charge is 2.57. The highest BCUT2D eigenvalue weighted by atomic mass is 35.5. The summed E-state index contributed by atoms with van der Waals surface area (Å²) in [5.74, 6) is 0.887. The van der Waals surface area contributed by atoms with Gasteiger partial charge in [-0.15, -0.1) is 37.2 Å². The first-order valence-corrected chi connectivity index (χ1v) is 9.21. The predicted octanol–water partition coefficient (Wildman–Crippen LogP) is 4.14. The number of halogens is 3. The lowest BCUT2D eigenvalue weighted by molar-refractivity contribution is 0.652. The standard InChI is InChI=1S/C21H25N3.3ClH/c1-2-4-19(5-3-1)23-10-12-24(13-11-23)20-8-6-17(7-9-20)21-14-18(21)15-22-16-21;;;/h1-9,18,22H,10-16H2;3*1H. The molecular formula is C21H28Cl3N3. The summed E-state index contributed by atoms with van der Waals surface area (Å²) in [5.41, 5.74) is 4.75. The van der Waals surface area contributed by atoms with E-state index in [9.17, 15) is 0 Å². The SMILES string of the molecule is Cl.Cl.Cl.c1ccc(N2CCN(c3ccc(C45CNCC4C5)cc3)CC2)cc1. The normalized spacial score (nSPS) is 25.6. The molecule has 27 heavy (non-hydrogen) atoms. The maximum absolute atomic E-state index is 3.54. The molecule has 5 rings (SSSR count). The van der Waals surface area contributed by atoms with Crippen molar-refractivity contribution in [1.82, 2.24) is 5.32 Å². The molecule has 148 valence electrons. The quantitative estimate of drug-likeness (QED) is 0.792. The maximum Gasteiger partial charge on any atom is 0.0367 e. The summed E-state index contributed by atoms with van der Waals surface area (Å²) in [6.07, 6.45) is 1.38. The largest absolute Gasteiger partial charge is 0.368 e. The summed E-state index contributed by atoms with van der Waals surface area (Å²) in [4.78, 5) is 5.01. The van der Waals surface area contributed by atoms with Crippen molar-refractivity contribution >= 4 is 48.6 Å². The number of hydrogen-bond acceptors (Lipinski definition) is 3. The van der Waals surface area contributed by atoms with Gasteiger partial charge in [-0.05, 0) is 48.7 Å². The maximum atomic E-state index is 3.54. The number of hydrogen-bond donors (Lipinski definition) is 1. The van der Waals surface area contributed by atoms with Crippen LogP contribution in [0.2, 0.25) is 0 Å². The molecule has 2 atom stereocenters. The molecule has 0 bridgehead atoms. The fourth-order valence-electron chi connectivity index (χ4n) is 4.66. The van der Waals surface area contributed by atoms with Gasteiger partial charge in [0.15, 0.2) is 0 Å². The lowest BCUT2D eigenvalue weighted by Gasteiger charge is -2.37. The third-order valence-electron chi connectivity index (χ3n) is 6.27. The molecule has 1 N–H and O–H groups in total. The summed E-state index contributed by atoms with van der Waals surface area (Å²) in [6, 6.07) is 20.2. The zero-order valence-corrected chi connectivity index (χ0v) is 17.8. The van der Waals surface area contributed by atoms with E-state index in [1.54, 1.807) is 5.56 Å². The minimum absolute atomic E-state index is 0. The second-order valence-corrected chi connectivity index (χ2v) is 7.54. The third-order valence-corrected chi connectivity index (χ3v) is 6.27. The van der Waals surface area contributed by atoms with Crippen LogP contribution in [-0.4, -0.2) is 39.3 Å². The van der Waals surface area contributed by atoms with Gasteiger partial charge in [-0.2, -0.15) is 0 Å². The van der Waals surface area contributed by atoms with Crippen LogP contribution < -0.4 is 15.1 Å². The predicted molar refractivity (Wildman–Crippen MR) is 122 cm³/mol. The smallest absolute Gasteiger partial charge is 0.0367 e. The molecule has 1 aliphatic carbocycles. The third kappa shape index (κ3) is 4.02. The first-order valence-electron chi connectivity index (χ1n) is 9.21. The molecule has 3 aliphatic rings. The molecule has 0 spiro atoms. The van der Waals surface area contributed by atoms with Gasteiger partial charge < -0.3 is 15.1 Å². The van der Waals surface area contributed by atoms with E-state index in [0.717, 1.165) is 32.1 Å². The topological polar surface area (TPSA) is 18.5 Å². The molecule has 0 radical (unpaired) electrons. The highest BCUT2D eigenvalue weighted by Crippen LogP contribution is 2.56. The zero-order chi connectivity index (χ0) is 16.0. The fourth-order valence-corrected chi connectivity index (χ4v) is 4.66. The molecule has 2 aromatic rings. The molecule has 6 heteroatoms. The summed E-state index contributed by atoms with van der Waals surface area (Å²) >= 11 is 0. The second kappa shape index (κ2) is 8.91. The van der Waals surface area contributed by atoms with Crippen molar-refractivity contribution in [3.05, 3.63) is 60.2 Å². The van der Waals surface area contributed by atoms with Crippen LogP contribution in [0, 0.1) is 5.92 Å². The Labute approximate surface area is 180 Å². The van der Waals surface area contributed by atoms with Crippen LogP contribution in [0.1, 0.15) is 12.0 Å². The first kappa shape index (κ1) is 22.2. The van der Waals surface area contributed by atoms with Crippen molar-refractivity contribution in [1.29, 1.82) is 0 Å². The number of rotatable bonds is 3. The van der Waals surface area contributed by atoms with E-state index >= 15 is 0 Å². The average Bonchev–Trinajstić information content (AvgIpc) is 3.23. The van der Waals surface area contributed by atoms with Gasteiger partial charge in [0, 0.05) is 49.5 Å². The number of para-hydroxylation sites is 1. The van der Waals surface area contributed by atoms with Gasteiger partial charge in [0.2, 0.25) is 0 Å². The van der Waals surface area contributed by atoms with E-state index in [2.05, 4.69) is 69.7 Å². The minimum Gasteiger partial charge on any atom is -0.368 e. The number of piperidine rings is 1. The number of benzene rings is 2. The van der Waals surface area contributed by atoms with Crippen LogP contribution in [0.15, 0.2) is 54.6 Å². The Hall–Kier alpha value is -1.13. The Morgan fingerprint density at radius 2 is 1.30 bits per heavy atom. The molecule has 1 saturated carbocycles. The lowest BCUT2D eigenvalue weighted by atomic mass is 9.95. The summed E-state index contributed by atoms with van der Waals surface area (Å²) in [5, 5.41) is 3.54.